The van der Waals surface area contributed by atoms with Gasteiger partial charge >= 0.3 is 0 Å². The van der Waals surface area contributed by atoms with Gasteiger partial charge in [0.1, 0.15) is 5.69 Å². The molecule has 0 radical (unpaired) electrons. The molecule has 1 aliphatic heterocycles. The highest BCUT2D eigenvalue weighted by Crippen LogP contribution is 2.21. The molecule has 0 bridgehead atoms. The molecule has 4 rings (SSSR count). The maximum absolute atomic E-state index is 13.0. The molecule has 0 spiro atoms. The van der Waals surface area contributed by atoms with Crippen molar-refractivity contribution in [3.05, 3.63) is 81.8 Å². The second-order valence-corrected chi connectivity index (χ2v) is 8.40. The number of aryl methyl sites for hydroxylation is 1. The summed E-state index contributed by atoms with van der Waals surface area (Å²) >= 11 is 0. The molecule has 32 heavy (non-hydrogen) atoms. The van der Waals surface area contributed by atoms with Crippen LogP contribution in [0.1, 0.15) is 23.2 Å². The highest BCUT2D eigenvalue weighted by molar-refractivity contribution is 5.97. The number of carbonyl (C=O) groups excluding carboxylic acids is 2. The van der Waals surface area contributed by atoms with Crippen molar-refractivity contribution in [1.29, 1.82) is 0 Å². The molecule has 1 fully saturated rings. The molecule has 2 amide bonds. The van der Waals surface area contributed by atoms with Crippen LogP contribution in [-0.2, 0) is 23.1 Å². The van der Waals surface area contributed by atoms with Crippen LogP contribution < -0.4 is 10.9 Å². The lowest BCUT2D eigenvalue weighted by molar-refractivity contribution is -0.128. The molecule has 1 unspecified atom stereocenters. The summed E-state index contributed by atoms with van der Waals surface area (Å²) in [5, 5.41) is 2.80. The summed E-state index contributed by atoms with van der Waals surface area (Å²) in [5.41, 5.74) is 3.72. The zero-order valence-corrected chi connectivity index (χ0v) is 18.7. The summed E-state index contributed by atoms with van der Waals surface area (Å²) in [6.45, 7) is 4.79. The number of amides is 2. The van der Waals surface area contributed by atoms with Gasteiger partial charge in [0.15, 0.2) is 0 Å². The number of nitrogens with one attached hydrogen (secondary N) is 1. The van der Waals surface area contributed by atoms with E-state index in [0.29, 0.717) is 18.8 Å². The fraction of sp³-hybridized carbons (Fsp3) is 0.320. The van der Waals surface area contributed by atoms with Crippen LogP contribution >= 0.6 is 0 Å². The standard InChI is InChI=1S/C25H28N4O3/c1-17-9-11-19(12-10-17)13-14-28-16-20(15-22(28)30)24(31)26-23-18(2)27(3)29(25(23)32)21-7-5-4-6-8-21/h4-12,20H,13-16H2,1-3H3,(H,26,31). The quantitative estimate of drug-likeness (QED) is 0.651. The van der Waals surface area contributed by atoms with Crippen molar-refractivity contribution in [3.63, 3.8) is 0 Å². The molecule has 1 N–H and O–H groups in total. The van der Waals surface area contributed by atoms with Gasteiger partial charge in [0.25, 0.3) is 5.56 Å². The Morgan fingerprint density at radius 2 is 1.72 bits per heavy atom. The van der Waals surface area contributed by atoms with Gasteiger partial charge in [0.2, 0.25) is 11.8 Å². The van der Waals surface area contributed by atoms with E-state index in [1.54, 1.807) is 23.6 Å². The zero-order valence-electron chi connectivity index (χ0n) is 18.7. The van der Waals surface area contributed by atoms with Gasteiger partial charge in [0.05, 0.1) is 17.3 Å². The van der Waals surface area contributed by atoms with E-state index in [2.05, 4.69) is 29.6 Å². The van der Waals surface area contributed by atoms with Gasteiger partial charge in [-0.1, -0.05) is 48.0 Å². The first-order valence-electron chi connectivity index (χ1n) is 10.8. The molecule has 1 aliphatic rings. The lowest BCUT2D eigenvalue weighted by Crippen LogP contribution is -2.31. The SMILES string of the molecule is Cc1ccc(CCN2CC(C(=O)Nc3c(C)n(C)n(-c4ccccc4)c3=O)CC2=O)cc1. The average Bonchev–Trinajstić information content (AvgIpc) is 3.26. The van der Waals surface area contributed by atoms with E-state index >= 15 is 0 Å². The highest BCUT2D eigenvalue weighted by Gasteiger charge is 2.35. The number of hydrogen-bond donors (Lipinski definition) is 1. The lowest BCUT2D eigenvalue weighted by atomic mass is 10.1. The number of para-hydroxylation sites is 1. The monoisotopic (exact) mass is 432 g/mol. The first kappa shape index (κ1) is 21.6. The summed E-state index contributed by atoms with van der Waals surface area (Å²) in [6.07, 6.45) is 0.915. The minimum absolute atomic E-state index is 0.0243. The Morgan fingerprint density at radius 1 is 1.03 bits per heavy atom. The van der Waals surface area contributed by atoms with Gasteiger partial charge in [-0.25, -0.2) is 4.68 Å². The van der Waals surface area contributed by atoms with E-state index in [-0.39, 0.29) is 29.5 Å². The van der Waals surface area contributed by atoms with Gasteiger partial charge in [-0.3, -0.25) is 19.1 Å². The average molecular weight is 433 g/mol. The number of aromatic nitrogens is 2. The Labute approximate surface area is 187 Å². The Bertz CT molecular complexity index is 1190. The maximum atomic E-state index is 13.0. The predicted molar refractivity (Wildman–Crippen MR) is 124 cm³/mol. The van der Waals surface area contributed by atoms with Crippen LogP contribution in [0.3, 0.4) is 0 Å². The van der Waals surface area contributed by atoms with Crippen molar-refractivity contribution in [2.24, 2.45) is 13.0 Å². The Balaban J connectivity index is 1.44. The van der Waals surface area contributed by atoms with E-state index < -0.39 is 5.92 Å². The van der Waals surface area contributed by atoms with Gasteiger partial charge in [-0.15, -0.1) is 0 Å². The van der Waals surface area contributed by atoms with E-state index in [1.165, 1.54) is 10.2 Å². The van der Waals surface area contributed by atoms with Crippen LogP contribution in [0.5, 0.6) is 0 Å². The smallest absolute Gasteiger partial charge is 0.295 e. The van der Waals surface area contributed by atoms with Gasteiger partial charge < -0.3 is 10.2 Å². The minimum atomic E-state index is -0.468. The molecule has 2 heterocycles. The maximum Gasteiger partial charge on any atom is 0.295 e. The summed E-state index contributed by atoms with van der Waals surface area (Å²) < 4.78 is 3.25. The van der Waals surface area contributed by atoms with Crippen molar-refractivity contribution in [2.75, 3.05) is 18.4 Å². The molecule has 7 heteroatoms. The van der Waals surface area contributed by atoms with Crippen molar-refractivity contribution < 1.29 is 9.59 Å². The Hall–Kier alpha value is -3.61. The fourth-order valence-corrected chi connectivity index (χ4v) is 4.12. The second kappa shape index (κ2) is 8.86. The first-order valence-corrected chi connectivity index (χ1v) is 10.8. The van der Waals surface area contributed by atoms with Crippen molar-refractivity contribution in [2.45, 2.75) is 26.7 Å². The lowest BCUT2D eigenvalue weighted by Gasteiger charge is -2.16. The third-order valence-electron chi connectivity index (χ3n) is 6.18. The van der Waals surface area contributed by atoms with E-state index in [0.717, 1.165) is 17.7 Å². The molecule has 1 atom stereocenters. The molecule has 0 aliphatic carbocycles. The molecule has 1 saturated heterocycles. The molecule has 2 aromatic carbocycles. The topological polar surface area (TPSA) is 76.3 Å². The number of likely N-dealkylation sites (tertiary alicyclic amines) is 1. The van der Waals surface area contributed by atoms with Crippen molar-refractivity contribution >= 4 is 17.5 Å². The summed E-state index contributed by atoms with van der Waals surface area (Å²) in [6, 6.07) is 17.5. The van der Waals surface area contributed by atoms with Crippen LogP contribution in [0.2, 0.25) is 0 Å². The molecule has 166 valence electrons. The summed E-state index contributed by atoms with van der Waals surface area (Å²) in [5.74, 6) is -0.782. The van der Waals surface area contributed by atoms with Crippen LogP contribution in [-0.4, -0.2) is 39.2 Å². The summed E-state index contributed by atoms with van der Waals surface area (Å²) in [4.78, 5) is 40.2. The third-order valence-corrected chi connectivity index (χ3v) is 6.18. The van der Waals surface area contributed by atoms with Crippen LogP contribution in [0.15, 0.2) is 59.4 Å². The van der Waals surface area contributed by atoms with E-state index in [9.17, 15) is 14.4 Å². The Kier molecular flexibility index (Phi) is 5.99. The number of carbonyl (C=O) groups is 2. The summed E-state index contributed by atoms with van der Waals surface area (Å²) in [7, 11) is 1.78. The van der Waals surface area contributed by atoms with Crippen LogP contribution in [0.25, 0.3) is 5.69 Å². The normalized spacial score (nSPS) is 15.9. The Morgan fingerprint density at radius 3 is 2.41 bits per heavy atom. The molecule has 3 aromatic rings. The number of benzene rings is 2. The van der Waals surface area contributed by atoms with Gasteiger partial charge in [-0.2, -0.15) is 0 Å². The molecular formula is C25H28N4O3. The minimum Gasteiger partial charge on any atom is -0.342 e. The van der Waals surface area contributed by atoms with Gasteiger partial charge in [0, 0.05) is 26.6 Å². The van der Waals surface area contributed by atoms with Crippen molar-refractivity contribution in [3.8, 4) is 5.69 Å². The van der Waals surface area contributed by atoms with Crippen LogP contribution in [0, 0.1) is 19.8 Å². The molecule has 0 saturated carbocycles. The van der Waals surface area contributed by atoms with E-state index in [1.807, 2.05) is 37.3 Å². The molecule has 7 nitrogen and oxygen atoms in total. The van der Waals surface area contributed by atoms with Gasteiger partial charge in [-0.05, 0) is 38.0 Å². The third kappa shape index (κ3) is 4.23. The molecule has 1 aromatic heterocycles. The van der Waals surface area contributed by atoms with Crippen LogP contribution in [0.4, 0.5) is 5.69 Å². The zero-order chi connectivity index (χ0) is 22.8. The number of anilines is 1. The molecular weight excluding hydrogens is 404 g/mol. The van der Waals surface area contributed by atoms with Crippen molar-refractivity contribution in [1.82, 2.24) is 14.3 Å². The predicted octanol–water partition coefficient (Wildman–Crippen LogP) is 2.82. The fourth-order valence-electron chi connectivity index (χ4n) is 4.12. The number of rotatable bonds is 6. The van der Waals surface area contributed by atoms with E-state index in [4.69, 9.17) is 0 Å². The number of nitrogens with zero attached hydrogens (tertiary/aromatic N) is 3. The number of hydrogen-bond acceptors (Lipinski definition) is 3. The first-order chi connectivity index (χ1) is 15.3. The second-order valence-electron chi connectivity index (χ2n) is 8.40. The largest absolute Gasteiger partial charge is 0.342 e. The highest BCUT2D eigenvalue weighted by atomic mass is 16.2.